The zero-order valence-corrected chi connectivity index (χ0v) is 12.3. The summed E-state index contributed by atoms with van der Waals surface area (Å²) in [5.41, 5.74) is 6.73. The van der Waals surface area contributed by atoms with E-state index in [2.05, 4.69) is 4.90 Å². The highest BCUT2D eigenvalue weighted by Gasteiger charge is 2.39. The van der Waals surface area contributed by atoms with Gasteiger partial charge in [0.15, 0.2) is 0 Å². The lowest BCUT2D eigenvalue weighted by Crippen LogP contribution is -2.53. The number of hydrogen-bond acceptors (Lipinski definition) is 3. The molecule has 1 saturated carbocycles. The molecule has 3 nitrogen and oxygen atoms in total. The van der Waals surface area contributed by atoms with Gasteiger partial charge in [-0.2, -0.15) is 0 Å². The van der Waals surface area contributed by atoms with E-state index in [0.29, 0.717) is 17.6 Å². The first-order valence-electron chi connectivity index (χ1n) is 8.39. The third-order valence-electron chi connectivity index (χ3n) is 5.88. The van der Waals surface area contributed by atoms with Crippen molar-refractivity contribution in [2.45, 2.75) is 69.9 Å². The average molecular weight is 266 g/mol. The van der Waals surface area contributed by atoms with Gasteiger partial charge >= 0.3 is 0 Å². The van der Waals surface area contributed by atoms with Crippen molar-refractivity contribution in [2.75, 3.05) is 26.2 Å². The maximum absolute atomic E-state index is 6.03. The highest BCUT2D eigenvalue weighted by Crippen LogP contribution is 2.45. The van der Waals surface area contributed by atoms with Crippen LogP contribution in [0.5, 0.6) is 0 Å². The Bertz CT molecular complexity index is 272. The molecule has 110 valence electrons. The molecule has 0 bridgehead atoms. The van der Waals surface area contributed by atoms with Crippen molar-refractivity contribution in [1.29, 1.82) is 0 Å². The summed E-state index contributed by atoms with van der Waals surface area (Å²) in [5.74, 6) is 0. The van der Waals surface area contributed by atoms with Crippen LogP contribution in [0, 0.1) is 5.41 Å². The number of rotatable bonds is 3. The normalized spacial score (nSPS) is 33.6. The quantitative estimate of drug-likeness (QED) is 0.853. The van der Waals surface area contributed by atoms with E-state index in [1.807, 2.05) is 0 Å². The molecule has 0 radical (unpaired) electrons. The third-order valence-corrected chi connectivity index (χ3v) is 5.88. The molecule has 0 aromatic carbocycles. The van der Waals surface area contributed by atoms with E-state index in [1.54, 1.807) is 0 Å². The molecule has 1 aliphatic carbocycles. The van der Waals surface area contributed by atoms with Crippen LogP contribution in [0.2, 0.25) is 0 Å². The molecule has 2 unspecified atom stereocenters. The van der Waals surface area contributed by atoms with Gasteiger partial charge in [0.1, 0.15) is 0 Å². The van der Waals surface area contributed by atoms with Crippen molar-refractivity contribution < 1.29 is 4.74 Å². The minimum Gasteiger partial charge on any atom is -0.377 e. The Labute approximate surface area is 117 Å². The maximum atomic E-state index is 6.03. The van der Waals surface area contributed by atoms with Gasteiger partial charge < -0.3 is 10.5 Å². The average Bonchev–Trinajstić information content (AvgIpc) is 2.97. The van der Waals surface area contributed by atoms with Crippen molar-refractivity contribution in [1.82, 2.24) is 4.90 Å². The molecule has 3 fully saturated rings. The SMILES string of the molecule is NCC(C1CCCO1)N1CCC2(CCCCC2)CC1. The minimum absolute atomic E-state index is 0.408. The van der Waals surface area contributed by atoms with Gasteiger partial charge in [-0.3, -0.25) is 4.90 Å². The summed E-state index contributed by atoms with van der Waals surface area (Å²) >= 11 is 0. The Balaban J connectivity index is 1.56. The molecular weight excluding hydrogens is 236 g/mol. The fourth-order valence-corrected chi connectivity index (χ4v) is 4.57. The Hall–Kier alpha value is -0.120. The van der Waals surface area contributed by atoms with Crippen molar-refractivity contribution in [3.05, 3.63) is 0 Å². The lowest BCUT2D eigenvalue weighted by atomic mass is 9.68. The summed E-state index contributed by atoms with van der Waals surface area (Å²) in [7, 11) is 0. The Morgan fingerprint density at radius 1 is 1.05 bits per heavy atom. The predicted octanol–water partition coefficient (Wildman–Crippen LogP) is 2.54. The second-order valence-electron chi connectivity index (χ2n) is 6.95. The highest BCUT2D eigenvalue weighted by molar-refractivity contribution is 4.92. The highest BCUT2D eigenvalue weighted by atomic mass is 16.5. The van der Waals surface area contributed by atoms with E-state index < -0.39 is 0 Å². The summed E-state index contributed by atoms with van der Waals surface area (Å²) in [6.45, 7) is 4.21. The molecule has 2 atom stereocenters. The smallest absolute Gasteiger partial charge is 0.0743 e. The molecule has 0 aromatic rings. The molecule has 3 heteroatoms. The molecule has 3 rings (SSSR count). The van der Waals surface area contributed by atoms with Gasteiger partial charge in [0.2, 0.25) is 0 Å². The second-order valence-corrected chi connectivity index (χ2v) is 6.95. The van der Waals surface area contributed by atoms with Gasteiger partial charge in [-0.05, 0) is 57.0 Å². The van der Waals surface area contributed by atoms with Gasteiger partial charge in [-0.1, -0.05) is 19.3 Å². The molecule has 2 saturated heterocycles. The fraction of sp³-hybridized carbons (Fsp3) is 1.00. The molecule has 2 heterocycles. The van der Waals surface area contributed by atoms with Crippen LogP contribution in [-0.4, -0.2) is 43.3 Å². The number of likely N-dealkylation sites (tertiary alicyclic amines) is 1. The summed E-state index contributed by atoms with van der Waals surface area (Å²) in [6.07, 6.45) is 13.0. The van der Waals surface area contributed by atoms with Crippen LogP contribution < -0.4 is 5.73 Å². The summed E-state index contributed by atoms with van der Waals surface area (Å²) in [6, 6.07) is 0.475. The molecular formula is C16H30N2O. The molecule has 19 heavy (non-hydrogen) atoms. The van der Waals surface area contributed by atoms with Crippen LogP contribution >= 0.6 is 0 Å². The van der Waals surface area contributed by atoms with Crippen LogP contribution in [0.3, 0.4) is 0 Å². The Morgan fingerprint density at radius 2 is 1.79 bits per heavy atom. The first kappa shape index (κ1) is 13.8. The zero-order valence-electron chi connectivity index (χ0n) is 12.3. The Kier molecular flexibility index (Phi) is 4.45. The van der Waals surface area contributed by atoms with Crippen molar-refractivity contribution in [3.8, 4) is 0 Å². The van der Waals surface area contributed by atoms with E-state index in [4.69, 9.17) is 10.5 Å². The monoisotopic (exact) mass is 266 g/mol. The Morgan fingerprint density at radius 3 is 2.37 bits per heavy atom. The van der Waals surface area contributed by atoms with E-state index in [1.165, 1.54) is 70.9 Å². The lowest BCUT2D eigenvalue weighted by Gasteiger charge is -2.47. The molecule has 2 aliphatic heterocycles. The van der Waals surface area contributed by atoms with Crippen LogP contribution in [-0.2, 0) is 4.74 Å². The van der Waals surface area contributed by atoms with Crippen LogP contribution in [0.15, 0.2) is 0 Å². The fourth-order valence-electron chi connectivity index (χ4n) is 4.57. The largest absolute Gasteiger partial charge is 0.377 e. The van der Waals surface area contributed by atoms with Crippen molar-refractivity contribution >= 4 is 0 Å². The van der Waals surface area contributed by atoms with Gasteiger partial charge in [0, 0.05) is 19.2 Å². The predicted molar refractivity (Wildman–Crippen MR) is 78.1 cm³/mol. The first-order valence-corrected chi connectivity index (χ1v) is 8.39. The number of ether oxygens (including phenoxy) is 1. The summed E-state index contributed by atoms with van der Waals surface area (Å²) in [5, 5.41) is 0. The van der Waals surface area contributed by atoms with E-state index >= 15 is 0 Å². The molecule has 0 amide bonds. The molecule has 2 N–H and O–H groups in total. The third kappa shape index (κ3) is 2.98. The van der Waals surface area contributed by atoms with Gasteiger partial charge in [-0.25, -0.2) is 0 Å². The number of nitrogens with zero attached hydrogens (tertiary/aromatic N) is 1. The van der Waals surface area contributed by atoms with Crippen molar-refractivity contribution in [3.63, 3.8) is 0 Å². The van der Waals surface area contributed by atoms with Gasteiger partial charge in [0.25, 0.3) is 0 Å². The van der Waals surface area contributed by atoms with E-state index in [9.17, 15) is 0 Å². The molecule has 3 aliphatic rings. The number of piperidine rings is 1. The standard InChI is InChI=1S/C16H30N2O/c17-13-14(15-5-4-12-19-15)18-10-8-16(9-11-18)6-2-1-3-7-16/h14-15H,1-13,17H2. The molecule has 0 aromatic heterocycles. The molecule has 1 spiro atoms. The lowest BCUT2D eigenvalue weighted by molar-refractivity contribution is -0.0111. The maximum Gasteiger partial charge on any atom is 0.0743 e. The topological polar surface area (TPSA) is 38.5 Å². The van der Waals surface area contributed by atoms with Crippen LogP contribution in [0.25, 0.3) is 0 Å². The number of hydrogen-bond donors (Lipinski definition) is 1. The minimum atomic E-state index is 0.408. The van der Waals surface area contributed by atoms with E-state index in [-0.39, 0.29) is 0 Å². The summed E-state index contributed by atoms with van der Waals surface area (Å²) < 4.78 is 5.87. The van der Waals surface area contributed by atoms with E-state index in [0.717, 1.165) is 13.2 Å². The zero-order chi connectivity index (χ0) is 13.1. The van der Waals surface area contributed by atoms with Crippen LogP contribution in [0.4, 0.5) is 0 Å². The summed E-state index contributed by atoms with van der Waals surface area (Å²) in [4.78, 5) is 2.63. The van der Waals surface area contributed by atoms with Gasteiger partial charge in [-0.15, -0.1) is 0 Å². The van der Waals surface area contributed by atoms with Gasteiger partial charge in [0.05, 0.1) is 6.10 Å². The first-order chi connectivity index (χ1) is 9.33. The second kappa shape index (κ2) is 6.11. The van der Waals surface area contributed by atoms with Crippen molar-refractivity contribution in [2.24, 2.45) is 11.1 Å². The van der Waals surface area contributed by atoms with Crippen LogP contribution in [0.1, 0.15) is 57.8 Å². The number of nitrogens with two attached hydrogens (primary N) is 1.